The van der Waals surface area contributed by atoms with Crippen molar-refractivity contribution in [3.63, 3.8) is 0 Å². The molecular weight excluding hydrogens is 496 g/mol. The van der Waals surface area contributed by atoms with Crippen molar-refractivity contribution in [3.8, 4) is 11.5 Å². The number of carbonyl (C=O) groups excluding carboxylic acids is 2. The van der Waals surface area contributed by atoms with Crippen molar-refractivity contribution in [2.24, 2.45) is 0 Å². The van der Waals surface area contributed by atoms with Gasteiger partial charge in [0.15, 0.2) is 0 Å². The van der Waals surface area contributed by atoms with E-state index in [0.717, 1.165) is 17.5 Å². The third-order valence-electron chi connectivity index (χ3n) is 6.80. The van der Waals surface area contributed by atoms with Gasteiger partial charge in [-0.15, -0.1) is 11.3 Å². The van der Waals surface area contributed by atoms with Gasteiger partial charge in [0.1, 0.15) is 18.0 Å². The van der Waals surface area contributed by atoms with Crippen LogP contribution in [-0.4, -0.2) is 55.0 Å². The molecule has 0 radical (unpaired) electrons. The van der Waals surface area contributed by atoms with Gasteiger partial charge >= 0.3 is 0 Å². The molecule has 1 aromatic heterocycles. The smallest absolute Gasteiger partial charge is 0.258 e. The van der Waals surface area contributed by atoms with E-state index in [4.69, 9.17) is 21.1 Å². The van der Waals surface area contributed by atoms with Crippen molar-refractivity contribution in [3.05, 3.63) is 80.5 Å². The fraction of sp³-hybridized carbons (Fsp3) is 0.357. The Hall–Kier alpha value is -3.03. The van der Waals surface area contributed by atoms with Crippen LogP contribution in [-0.2, 0) is 11.2 Å². The van der Waals surface area contributed by atoms with E-state index in [1.165, 1.54) is 12.0 Å². The third kappa shape index (κ3) is 5.22. The number of rotatable bonds is 8. The Bertz CT molecular complexity index is 1230. The average molecular weight is 527 g/mol. The molecule has 2 aromatic carbocycles. The highest BCUT2D eigenvalue weighted by Gasteiger charge is 2.35. The number of hydrogen-bond acceptors (Lipinski definition) is 5. The summed E-state index contributed by atoms with van der Waals surface area (Å²) in [6, 6.07) is 14.5. The van der Waals surface area contributed by atoms with Crippen molar-refractivity contribution >= 4 is 34.8 Å². The maximum absolute atomic E-state index is 13.9. The molecule has 6 nitrogen and oxygen atoms in total. The summed E-state index contributed by atoms with van der Waals surface area (Å²) in [5.74, 6) is 0.682. The first kappa shape index (κ1) is 26.0. The van der Waals surface area contributed by atoms with E-state index in [2.05, 4.69) is 11.4 Å². The second-order valence-electron chi connectivity index (χ2n) is 8.85. The molecule has 1 aliphatic rings. The van der Waals surface area contributed by atoms with Gasteiger partial charge in [0, 0.05) is 28.6 Å². The zero-order valence-electron chi connectivity index (χ0n) is 21.0. The topological polar surface area (TPSA) is 59.1 Å². The number of benzene rings is 2. The van der Waals surface area contributed by atoms with E-state index in [-0.39, 0.29) is 30.4 Å². The quantitative estimate of drug-likeness (QED) is 0.370. The largest absolute Gasteiger partial charge is 0.497 e. The number of halogens is 1. The van der Waals surface area contributed by atoms with E-state index in [1.54, 1.807) is 41.5 Å². The van der Waals surface area contributed by atoms with Gasteiger partial charge in [0.2, 0.25) is 5.91 Å². The molecule has 0 spiro atoms. The lowest BCUT2D eigenvalue weighted by Gasteiger charge is -2.38. The molecular formula is C28H31ClN2O4S. The van der Waals surface area contributed by atoms with Gasteiger partial charge in [-0.1, -0.05) is 30.7 Å². The van der Waals surface area contributed by atoms with Crippen LogP contribution in [0.2, 0.25) is 5.02 Å². The predicted molar refractivity (Wildman–Crippen MR) is 143 cm³/mol. The number of ether oxygens (including phenoxy) is 2. The Morgan fingerprint density at radius 1 is 1.14 bits per heavy atom. The SMILES string of the molecule is CC[C@@H](C)N(CC(=O)N1CCc2sccc2[C@@H]1c1ccc(Cl)cc1)C(=O)c1ccc(OC)cc1OC. The highest BCUT2D eigenvalue weighted by atomic mass is 35.5. The minimum Gasteiger partial charge on any atom is -0.497 e. The minimum absolute atomic E-state index is 0.0212. The summed E-state index contributed by atoms with van der Waals surface area (Å²) in [5, 5.41) is 2.73. The number of fused-ring (bicyclic) bond motifs is 1. The fourth-order valence-electron chi connectivity index (χ4n) is 4.60. The zero-order chi connectivity index (χ0) is 25.8. The molecule has 0 saturated carbocycles. The van der Waals surface area contributed by atoms with Gasteiger partial charge in [-0.05, 0) is 66.6 Å². The third-order valence-corrected chi connectivity index (χ3v) is 8.05. The standard InChI is InChI=1S/C28H31ClN2O4S/c1-5-18(2)31(28(33)22-11-10-21(34-3)16-24(22)35-4)17-26(32)30-14-12-25-23(13-15-36-25)27(30)19-6-8-20(29)9-7-19/h6-11,13,15-16,18,27H,5,12,14,17H2,1-4H3/t18-,27+/m1/s1. The molecule has 8 heteroatoms. The van der Waals surface area contributed by atoms with Crippen LogP contribution in [0.15, 0.2) is 53.9 Å². The summed E-state index contributed by atoms with van der Waals surface area (Å²) >= 11 is 7.86. The van der Waals surface area contributed by atoms with Crippen molar-refractivity contribution in [1.82, 2.24) is 9.80 Å². The molecule has 2 amide bonds. The summed E-state index contributed by atoms with van der Waals surface area (Å²) in [7, 11) is 3.09. The lowest BCUT2D eigenvalue weighted by Crippen LogP contribution is -2.49. The molecule has 4 rings (SSSR count). The highest BCUT2D eigenvalue weighted by Crippen LogP contribution is 2.38. The minimum atomic E-state index is -0.242. The molecule has 2 atom stereocenters. The molecule has 0 N–H and O–H groups in total. The second kappa shape index (κ2) is 11.4. The van der Waals surface area contributed by atoms with Crippen LogP contribution in [0.3, 0.4) is 0 Å². The molecule has 0 fully saturated rings. The van der Waals surface area contributed by atoms with E-state index >= 15 is 0 Å². The van der Waals surface area contributed by atoms with Gasteiger partial charge in [0.25, 0.3) is 5.91 Å². The molecule has 3 aromatic rings. The van der Waals surface area contributed by atoms with Gasteiger partial charge in [0.05, 0.1) is 25.8 Å². The van der Waals surface area contributed by atoms with E-state index in [1.807, 2.05) is 43.0 Å². The highest BCUT2D eigenvalue weighted by molar-refractivity contribution is 7.10. The van der Waals surface area contributed by atoms with E-state index in [0.29, 0.717) is 35.1 Å². The van der Waals surface area contributed by atoms with Crippen molar-refractivity contribution < 1.29 is 19.1 Å². The summed E-state index contributed by atoms with van der Waals surface area (Å²) in [6.07, 6.45) is 1.51. The maximum atomic E-state index is 13.9. The van der Waals surface area contributed by atoms with Gasteiger partial charge in [-0.25, -0.2) is 0 Å². The molecule has 0 aliphatic carbocycles. The first-order chi connectivity index (χ1) is 17.4. The predicted octanol–water partition coefficient (Wildman–Crippen LogP) is 5.83. The van der Waals surface area contributed by atoms with E-state index in [9.17, 15) is 9.59 Å². The molecule has 0 bridgehead atoms. The number of hydrogen-bond donors (Lipinski definition) is 0. The summed E-state index contributed by atoms with van der Waals surface area (Å²) in [6.45, 7) is 4.54. The lowest BCUT2D eigenvalue weighted by atomic mass is 9.93. The van der Waals surface area contributed by atoms with Gasteiger partial charge in [-0.3, -0.25) is 9.59 Å². The number of methoxy groups -OCH3 is 2. The number of amides is 2. The number of nitrogens with zero attached hydrogens (tertiary/aromatic N) is 2. The lowest BCUT2D eigenvalue weighted by molar-refractivity contribution is -0.134. The van der Waals surface area contributed by atoms with Crippen molar-refractivity contribution in [1.29, 1.82) is 0 Å². The molecule has 0 unspecified atom stereocenters. The normalized spacial score (nSPS) is 15.7. The molecule has 0 saturated heterocycles. The number of thiophene rings is 1. The van der Waals surface area contributed by atoms with Crippen LogP contribution in [0.1, 0.15) is 52.7 Å². The van der Waals surface area contributed by atoms with Crippen molar-refractivity contribution in [2.75, 3.05) is 27.3 Å². The first-order valence-electron chi connectivity index (χ1n) is 12.0. The van der Waals surface area contributed by atoms with Gasteiger partial charge in [-0.2, -0.15) is 0 Å². The molecule has 190 valence electrons. The second-order valence-corrected chi connectivity index (χ2v) is 10.3. The van der Waals surface area contributed by atoms with Crippen LogP contribution < -0.4 is 9.47 Å². The Morgan fingerprint density at radius 3 is 2.56 bits per heavy atom. The summed E-state index contributed by atoms with van der Waals surface area (Å²) in [5.41, 5.74) is 2.55. The summed E-state index contributed by atoms with van der Waals surface area (Å²) < 4.78 is 10.8. The van der Waals surface area contributed by atoms with Crippen LogP contribution >= 0.6 is 22.9 Å². The molecule has 36 heavy (non-hydrogen) atoms. The first-order valence-corrected chi connectivity index (χ1v) is 13.3. The number of carbonyl (C=O) groups is 2. The molecule has 1 aliphatic heterocycles. The van der Waals surface area contributed by atoms with Crippen molar-refractivity contribution in [2.45, 2.75) is 38.8 Å². The molecule has 2 heterocycles. The van der Waals surface area contributed by atoms with Crippen LogP contribution in [0.25, 0.3) is 0 Å². The van der Waals surface area contributed by atoms with Crippen LogP contribution in [0.5, 0.6) is 11.5 Å². The Kier molecular flexibility index (Phi) is 8.21. The Balaban J connectivity index is 1.65. The summed E-state index contributed by atoms with van der Waals surface area (Å²) in [4.78, 5) is 32.4. The van der Waals surface area contributed by atoms with Crippen LogP contribution in [0, 0.1) is 0 Å². The van der Waals surface area contributed by atoms with Crippen LogP contribution in [0.4, 0.5) is 0 Å². The maximum Gasteiger partial charge on any atom is 0.258 e. The fourth-order valence-corrected chi connectivity index (χ4v) is 5.63. The van der Waals surface area contributed by atoms with Gasteiger partial charge < -0.3 is 19.3 Å². The monoisotopic (exact) mass is 526 g/mol. The zero-order valence-corrected chi connectivity index (χ0v) is 22.6. The Labute approximate surface area is 221 Å². The van der Waals surface area contributed by atoms with E-state index < -0.39 is 0 Å². The average Bonchev–Trinajstić information content (AvgIpc) is 3.39. The Morgan fingerprint density at radius 2 is 1.89 bits per heavy atom.